The summed E-state index contributed by atoms with van der Waals surface area (Å²) < 4.78 is 23.0. The molecule has 1 aliphatic carbocycles. The minimum atomic E-state index is -2.78. The molecular formula is C14H28N2O2S. The van der Waals surface area contributed by atoms with Crippen LogP contribution in [0.5, 0.6) is 0 Å². The van der Waals surface area contributed by atoms with E-state index >= 15 is 0 Å². The van der Waals surface area contributed by atoms with Crippen molar-refractivity contribution in [3.63, 3.8) is 0 Å². The predicted octanol–water partition coefficient (Wildman–Crippen LogP) is 1.27. The molecule has 19 heavy (non-hydrogen) atoms. The van der Waals surface area contributed by atoms with Gasteiger partial charge in [0.05, 0.1) is 11.5 Å². The van der Waals surface area contributed by atoms with Crippen LogP contribution in [0.4, 0.5) is 0 Å². The van der Waals surface area contributed by atoms with Crippen LogP contribution in [-0.4, -0.2) is 56.5 Å². The van der Waals surface area contributed by atoms with Crippen molar-refractivity contribution in [2.75, 3.05) is 31.1 Å². The van der Waals surface area contributed by atoms with E-state index in [2.05, 4.69) is 17.1 Å². The van der Waals surface area contributed by atoms with Gasteiger partial charge < -0.3 is 5.32 Å². The van der Waals surface area contributed by atoms with Crippen molar-refractivity contribution in [2.24, 2.45) is 5.92 Å². The number of nitrogens with one attached hydrogen (secondary N) is 1. The summed E-state index contributed by atoms with van der Waals surface area (Å²) >= 11 is 0. The number of nitrogens with zero attached hydrogens (tertiary/aromatic N) is 1. The van der Waals surface area contributed by atoms with Crippen molar-refractivity contribution in [2.45, 2.75) is 51.6 Å². The normalized spacial score (nSPS) is 36.2. The Hall–Kier alpha value is -0.130. The molecule has 1 saturated carbocycles. The molecule has 1 saturated heterocycles. The molecule has 0 radical (unpaired) electrons. The van der Waals surface area contributed by atoms with Crippen LogP contribution in [0.2, 0.25) is 0 Å². The van der Waals surface area contributed by atoms with Crippen molar-refractivity contribution in [1.29, 1.82) is 0 Å². The molecule has 0 aromatic carbocycles. The summed E-state index contributed by atoms with van der Waals surface area (Å²) in [5.74, 6) is 1.55. The van der Waals surface area contributed by atoms with Gasteiger partial charge in [-0.15, -0.1) is 0 Å². The van der Waals surface area contributed by atoms with Crippen molar-refractivity contribution in [3.05, 3.63) is 0 Å². The zero-order valence-corrected chi connectivity index (χ0v) is 13.1. The second-order valence-electron chi connectivity index (χ2n) is 6.41. The van der Waals surface area contributed by atoms with Crippen molar-refractivity contribution in [1.82, 2.24) is 10.2 Å². The standard InChI is InChI=1S/C14H28N2O2S/c1-12-3-5-14(6-4-12)15-7-8-16-9-10-19(17,18)11-13(16)2/h12-15H,3-11H2,1-2H3. The van der Waals surface area contributed by atoms with Gasteiger partial charge in [0.25, 0.3) is 0 Å². The Bertz CT molecular complexity index is 375. The number of hydrogen-bond acceptors (Lipinski definition) is 4. The summed E-state index contributed by atoms with van der Waals surface area (Å²) in [6.45, 7) is 7.03. The first-order valence-corrected chi connectivity index (χ1v) is 9.46. The Morgan fingerprint density at radius 2 is 1.84 bits per heavy atom. The van der Waals surface area contributed by atoms with E-state index in [0.29, 0.717) is 24.1 Å². The topological polar surface area (TPSA) is 49.4 Å². The van der Waals surface area contributed by atoms with Gasteiger partial charge in [0.1, 0.15) is 0 Å². The molecule has 0 bridgehead atoms. The maximum atomic E-state index is 11.5. The molecule has 1 atom stereocenters. The van der Waals surface area contributed by atoms with Crippen LogP contribution < -0.4 is 5.32 Å². The van der Waals surface area contributed by atoms with E-state index in [1.54, 1.807) is 0 Å². The van der Waals surface area contributed by atoms with Crippen LogP contribution in [0.3, 0.4) is 0 Å². The van der Waals surface area contributed by atoms with Gasteiger partial charge >= 0.3 is 0 Å². The summed E-state index contributed by atoms with van der Waals surface area (Å²) in [5.41, 5.74) is 0. The van der Waals surface area contributed by atoms with Crippen molar-refractivity contribution in [3.8, 4) is 0 Å². The second kappa shape index (κ2) is 6.55. The summed E-state index contributed by atoms with van der Waals surface area (Å²) in [7, 11) is -2.78. The third kappa shape index (κ3) is 4.72. The van der Waals surface area contributed by atoms with Gasteiger partial charge in [-0.25, -0.2) is 8.42 Å². The molecule has 1 aliphatic heterocycles. The third-order valence-electron chi connectivity index (χ3n) is 4.66. The highest BCUT2D eigenvalue weighted by atomic mass is 32.2. The highest BCUT2D eigenvalue weighted by Crippen LogP contribution is 2.23. The summed E-state index contributed by atoms with van der Waals surface area (Å²) in [6.07, 6.45) is 5.28. The van der Waals surface area contributed by atoms with Gasteiger partial charge in [0.2, 0.25) is 0 Å². The van der Waals surface area contributed by atoms with Crippen LogP contribution in [-0.2, 0) is 9.84 Å². The molecule has 0 spiro atoms. The Morgan fingerprint density at radius 3 is 2.47 bits per heavy atom. The smallest absolute Gasteiger partial charge is 0.153 e. The van der Waals surface area contributed by atoms with Crippen LogP contribution in [0.25, 0.3) is 0 Å². The van der Waals surface area contributed by atoms with Gasteiger partial charge in [-0.2, -0.15) is 0 Å². The number of hydrogen-bond donors (Lipinski definition) is 1. The first-order chi connectivity index (χ1) is 8.96. The molecular weight excluding hydrogens is 260 g/mol. The molecule has 5 heteroatoms. The SMILES string of the molecule is CC1CCC(NCCN2CCS(=O)(=O)CC2C)CC1. The zero-order chi connectivity index (χ0) is 13.9. The van der Waals surface area contributed by atoms with Gasteiger partial charge in [0, 0.05) is 31.7 Å². The predicted molar refractivity (Wildman–Crippen MR) is 79.1 cm³/mol. The fourth-order valence-electron chi connectivity index (χ4n) is 3.24. The van der Waals surface area contributed by atoms with Gasteiger partial charge in [-0.3, -0.25) is 4.90 Å². The fourth-order valence-corrected chi connectivity index (χ4v) is 4.87. The van der Waals surface area contributed by atoms with Gasteiger partial charge in [0.15, 0.2) is 9.84 Å². The summed E-state index contributed by atoms with van der Waals surface area (Å²) in [5, 5.41) is 3.64. The van der Waals surface area contributed by atoms with E-state index in [1.807, 2.05) is 6.92 Å². The average molecular weight is 288 g/mol. The van der Waals surface area contributed by atoms with Crippen LogP contribution in [0.1, 0.15) is 39.5 Å². The lowest BCUT2D eigenvalue weighted by atomic mass is 9.87. The summed E-state index contributed by atoms with van der Waals surface area (Å²) in [6, 6.07) is 0.854. The minimum Gasteiger partial charge on any atom is -0.313 e. The molecule has 1 unspecified atom stereocenters. The van der Waals surface area contributed by atoms with Crippen molar-refractivity contribution >= 4 is 9.84 Å². The van der Waals surface area contributed by atoms with E-state index in [9.17, 15) is 8.42 Å². The fraction of sp³-hybridized carbons (Fsp3) is 1.00. The molecule has 1 N–H and O–H groups in total. The lowest BCUT2D eigenvalue weighted by molar-refractivity contribution is 0.217. The van der Waals surface area contributed by atoms with Crippen LogP contribution in [0.15, 0.2) is 0 Å². The first-order valence-electron chi connectivity index (χ1n) is 7.64. The Labute approximate surface area is 117 Å². The van der Waals surface area contributed by atoms with E-state index in [1.165, 1.54) is 25.7 Å². The minimum absolute atomic E-state index is 0.173. The lowest BCUT2D eigenvalue weighted by Crippen LogP contribution is -2.49. The lowest BCUT2D eigenvalue weighted by Gasteiger charge is -2.34. The van der Waals surface area contributed by atoms with E-state index in [-0.39, 0.29) is 6.04 Å². The quantitative estimate of drug-likeness (QED) is 0.846. The van der Waals surface area contributed by atoms with E-state index in [4.69, 9.17) is 0 Å². The molecule has 0 aromatic heterocycles. The second-order valence-corrected chi connectivity index (χ2v) is 8.64. The maximum Gasteiger partial charge on any atom is 0.153 e. The molecule has 0 amide bonds. The first kappa shape index (κ1) is 15.3. The molecule has 2 fully saturated rings. The maximum absolute atomic E-state index is 11.5. The zero-order valence-electron chi connectivity index (χ0n) is 12.3. The molecule has 0 aromatic rings. The monoisotopic (exact) mass is 288 g/mol. The average Bonchev–Trinajstić information content (AvgIpc) is 2.34. The Balaban J connectivity index is 1.66. The largest absolute Gasteiger partial charge is 0.313 e. The molecule has 112 valence electrons. The van der Waals surface area contributed by atoms with Crippen LogP contribution >= 0.6 is 0 Å². The molecule has 1 heterocycles. The Kier molecular flexibility index (Phi) is 5.26. The molecule has 2 aliphatic rings. The molecule has 2 rings (SSSR count). The number of sulfone groups is 1. The third-order valence-corrected chi connectivity index (χ3v) is 6.45. The van der Waals surface area contributed by atoms with E-state index < -0.39 is 9.84 Å². The Morgan fingerprint density at radius 1 is 1.16 bits per heavy atom. The van der Waals surface area contributed by atoms with Crippen molar-refractivity contribution < 1.29 is 8.42 Å². The number of rotatable bonds is 4. The van der Waals surface area contributed by atoms with Crippen LogP contribution in [0, 0.1) is 5.92 Å². The highest BCUT2D eigenvalue weighted by molar-refractivity contribution is 7.91. The summed E-state index contributed by atoms with van der Waals surface area (Å²) in [4.78, 5) is 2.31. The van der Waals surface area contributed by atoms with Gasteiger partial charge in [-0.1, -0.05) is 6.92 Å². The van der Waals surface area contributed by atoms with Gasteiger partial charge in [-0.05, 0) is 38.5 Å². The van der Waals surface area contributed by atoms with E-state index in [0.717, 1.165) is 19.0 Å². The molecule has 4 nitrogen and oxygen atoms in total. The highest BCUT2D eigenvalue weighted by Gasteiger charge is 2.27.